The molecule has 106 valence electrons. The van der Waals surface area contributed by atoms with Crippen LogP contribution < -0.4 is 0 Å². The fourth-order valence-corrected chi connectivity index (χ4v) is 4.20. The van der Waals surface area contributed by atoms with Crippen molar-refractivity contribution in [3.8, 4) is 0 Å². The first-order chi connectivity index (χ1) is 7.99. The molecule has 0 aliphatic rings. The summed E-state index contributed by atoms with van der Waals surface area (Å²) >= 11 is 0. The van der Waals surface area contributed by atoms with Gasteiger partial charge in [-0.15, -0.1) is 0 Å². The molecule has 0 aromatic heterocycles. The third kappa shape index (κ3) is 12.5. The maximum absolute atomic E-state index is 11.4. The lowest BCUT2D eigenvalue weighted by molar-refractivity contribution is -0.133. The average Bonchev–Trinajstić information content (AvgIpc) is 2.06. The fraction of sp³-hybridized carbons (Fsp3) is 0.800. The van der Waals surface area contributed by atoms with Crippen molar-refractivity contribution in [2.75, 3.05) is 11.5 Å². The third-order valence-corrected chi connectivity index (χ3v) is 5.04. The summed E-state index contributed by atoms with van der Waals surface area (Å²) in [5, 5.41) is 0. The first kappa shape index (κ1) is 18.1. The van der Waals surface area contributed by atoms with Crippen LogP contribution in [0.1, 0.15) is 0 Å². The molecule has 0 fully saturated rings. The minimum atomic E-state index is -1.79. The molecule has 0 rings (SSSR count). The highest BCUT2D eigenvalue weighted by Gasteiger charge is 2.21. The van der Waals surface area contributed by atoms with E-state index in [0.29, 0.717) is 0 Å². The van der Waals surface area contributed by atoms with E-state index in [1.54, 1.807) is 0 Å². The summed E-state index contributed by atoms with van der Waals surface area (Å²) in [6.07, 6.45) is 0. The van der Waals surface area contributed by atoms with E-state index in [0.717, 1.165) is 0 Å². The van der Waals surface area contributed by atoms with Crippen molar-refractivity contribution in [1.29, 1.82) is 0 Å². The Kier molecular flexibility index (Phi) is 7.64. The van der Waals surface area contributed by atoms with Gasteiger partial charge in [-0.1, -0.05) is 21.6 Å². The number of carbonyl (C=O) groups is 2. The normalized spacial score (nSPS) is 12.1. The van der Waals surface area contributed by atoms with Crippen molar-refractivity contribution in [1.82, 2.24) is 0 Å². The molecule has 0 heterocycles. The molecule has 0 radical (unpaired) electrons. The molecule has 0 bridgehead atoms. The molecule has 0 atom stereocenters. The quantitative estimate of drug-likeness (QED) is 0.407. The van der Waals surface area contributed by atoms with Gasteiger partial charge in [-0.2, -0.15) is 0 Å². The van der Waals surface area contributed by atoms with Crippen molar-refractivity contribution >= 4 is 50.2 Å². The van der Waals surface area contributed by atoms with Crippen LogP contribution in [0.15, 0.2) is 0 Å². The molecule has 0 spiro atoms. The Hall–Kier alpha value is 0.0738. The lowest BCUT2D eigenvalue weighted by Gasteiger charge is -2.17. The summed E-state index contributed by atoms with van der Waals surface area (Å²) in [6, 6.07) is 0. The predicted octanol–water partition coefficient (Wildman–Crippen LogP) is 3.12. The zero-order chi connectivity index (χ0) is 14.4. The molecule has 0 aromatic rings. The molecular weight excluding hydrogens is 304 g/mol. The van der Waals surface area contributed by atoms with Gasteiger partial charge in [0.05, 0.1) is 0 Å². The average molecular weight is 327 g/mol. The molecule has 0 aromatic carbocycles. The standard InChI is InChI=1S/C10H22O4S2Si2/c1-17(2,3)13-9(11)7-15-16-8-10(12)14-18(4,5)6/h7-8H2,1-6H3. The summed E-state index contributed by atoms with van der Waals surface area (Å²) in [6.45, 7) is 11.8. The summed E-state index contributed by atoms with van der Waals surface area (Å²) in [5.74, 6) is 0.139. The van der Waals surface area contributed by atoms with Crippen LogP contribution in [-0.2, 0) is 18.4 Å². The lowest BCUT2D eigenvalue weighted by Crippen LogP contribution is -2.30. The van der Waals surface area contributed by atoms with Gasteiger partial charge < -0.3 is 8.85 Å². The summed E-state index contributed by atoms with van der Waals surface area (Å²) in [4.78, 5) is 22.8. The van der Waals surface area contributed by atoms with E-state index >= 15 is 0 Å². The second-order valence-electron chi connectivity index (χ2n) is 5.70. The van der Waals surface area contributed by atoms with Crippen LogP contribution in [0.5, 0.6) is 0 Å². The Bertz CT molecular complexity index is 267. The number of carbonyl (C=O) groups excluding carboxylic acids is 2. The van der Waals surface area contributed by atoms with Crippen LogP contribution in [0, 0.1) is 0 Å². The minimum absolute atomic E-state index is 0.203. The van der Waals surface area contributed by atoms with Crippen LogP contribution in [0.3, 0.4) is 0 Å². The van der Waals surface area contributed by atoms with E-state index in [-0.39, 0.29) is 23.4 Å². The van der Waals surface area contributed by atoms with Gasteiger partial charge in [-0.05, 0) is 39.3 Å². The Balaban J connectivity index is 3.69. The molecule has 0 unspecified atom stereocenters. The largest absolute Gasteiger partial charge is 0.519 e. The zero-order valence-electron chi connectivity index (χ0n) is 11.9. The van der Waals surface area contributed by atoms with E-state index < -0.39 is 16.6 Å². The molecule has 0 amide bonds. The Labute approximate surface area is 119 Å². The summed E-state index contributed by atoms with van der Waals surface area (Å²) in [7, 11) is -0.914. The molecule has 0 saturated carbocycles. The Morgan fingerprint density at radius 2 is 1.06 bits per heavy atom. The van der Waals surface area contributed by atoms with Crippen LogP contribution in [0.2, 0.25) is 39.3 Å². The topological polar surface area (TPSA) is 52.6 Å². The first-order valence-electron chi connectivity index (χ1n) is 5.68. The van der Waals surface area contributed by atoms with E-state index in [1.807, 2.05) is 39.3 Å². The Morgan fingerprint density at radius 3 is 1.28 bits per heavy atom. The van der Waals surface area contributed by atoms with Crippen LogP contribution >= 0.6 is 21.6 Å². The molecule has 8 heteroatoms. The van der Waals surface area contributed by atoms with Gasteiger partial charge in [-0.25, -0.2) is 0 Å². The molecule has 18 heavy (non-hydrogen) atoms. The first-order valence-corrected chi connectivity index (χ1v) is 15.0. The van der Waals surface area contributed by atoms with E-state index in [9.17, 15) is 9.59 Å². The smallest absolute Gasteiger partial charge is 0.303 e. The number of hydrogen-bond acceptors (Lipinski definition) is 6. The summed E-state index contributed by atoms with van der Waals surface area (Å²) in [5.41, 5.74) is 0. The van der Waals surface area contributed by atoms with Gasteiger partial charge in [0.25, 0.3) is 0 Å². The van der Waals surface area contributed by atoms with E-state index in [4.69, 9.17) is 8.85 Å². The monoisotopic (exact) mass is 326 g/mol. The maximum Gasteiger partial charge on any atom is 0.303 e. The van der Waals surface area contributed by atoms with Gasteiger partial charge in [0, 0.05) is 0 Å². The second-order valence-corrected chi connectivity index (χ2v) is 17.0. The molecule has 0 aliphatic heterocycles. The van der Waals surface area contributed by atoms with Crippen molar-refractivity contribution < 1.29 is 18.4 Å². The highest BCUT2D eigenvalue weighted by atomic mass is 33.1. The lowest BCUT2D eigenvalue weighted by atomic mass is 10.8. The second kappa shape index (κ2) is 7.61. The van der Waals surface area contributed by atoms with Crippen molar-refractivity contribution in [2.45, 2.75) is 39.3 Å². The van der Waals surface area contributed by atoms with Gasteiger partial charge in [0.2, 0.25) is 16.6 Å². The zero-order valence-corrected chi connectivity index (χ0v) is 15.5. The molecular formula is C10H22O4S2Si2. The van der Waals surface area contributed by atoms with Crippen molar-refractivity contribution in [3.63, 3.8) is 0 Å². The van der Waals surface area contributed by atoms with E-state index in [1.165, 1.54) is 21.6 Å². The van der Waals surface area contributed by atoms with Gasteiger partial charge in [0.15, 0.2) is 0 Å². The predicted molar refractivity (Wildman–Crippen MR) is 83.8 cm³/mol. The van der Waals surface area contributed by atoms with Gasteiger partial charge in [0.1, 0.15) is 11.5 Å². The molecule has 4 nitrogen and oxygen atoms in total. The maximum atomic E-state index is 11.4. The van der Waals surface area contributed by atoms with Gasteiger partial charge >= 0.3 is 11.9 Å². The number of rotatable bonds is 7. The molecule has 0 N–H and O–H groups in total. The van der Waals surface area contributed by atoms with Crippen LogP contribution in [-0.4, -0.2) is 40.1 Å². The Morgan fingerprint density at radius 1 is 0.778 bits per heavy atom. The highest BCUT2D eigenvalue weighted by molar-refractivity contribution is 8.77. The van der Waals surface area contributed by atoms with Crippen LogP contribution in [0.4, 0.5) is 0 Å². The molecule has 0 aliphatic carbocycles. The summed E-state index contributed by atoms with van der Waals surface area (Å²) < 4.78 is 10.6. The highest BCUT2D eigenvalue weighted by Crippen LogP contribution is 2.22. The molecule has 0 saturated heterocycles. The van der Waals surface area contributed by atoms with Crippen LogP contribution in [0.25, 0.3) is 0 Å². The minimum Gasteiger partial charge on any atom is -0.519 e. The van der Waals surface area contributed by atoms with Crippen molar-refractivity contribution in [3.05, 3.63) is 0 Å². The SMILES string of the molecule is C[Si](C)(C)OC(=O)CSSCC(=O)O[Si](C)(C)C. The number of hydrogen-bond donors (Lipinski definition) is 0. The van der Waals surface area contributed by atoms with Crippen molar-refractivity contribution in [2.24, 2.45) is 0 Å². The van der Waals surface area contributed by atoms with E-state index in [2.05, 4.69) is 0 Å². The van der Waals surface area contributed by atoms with Gasteiger partial charge in [-0.3, -0.25) is 9.59 Å². The fourth-order valence-electron chi connectivity index (χ4n) is 0.921. The third-order valence-electron chi connectivity index (χ3n) is 1.28.